The third-order valence-electron chi connectivity index (χ3n) is 6.36. The Bertz CT molecular complexity index is 1020. The van der Waals surface area contributed by atoms with Crippen molar-refractivity contribution in [2.75, 3.05) is 18.5 Å². The van der Waals surface area contributed by atoms with Crippen LogP contribution in [-0.2, 0) is 23.1 Å². The first-order chi connectivity index (χ1) is 13.1. The van der Waals surface area contributed by atoms with Gasteiger partial charge in [-0.1, -0.05) is 6.07 Å². The smallest absolute Gasteiger partial charge is 0.330 e. The van der Waals surface area contributed by atoms with Crippen molar-refractivity contribution in [3.63, 3.8) is 0 Å². The number of hydrogen-bond donors (Lipinski definition) is 2. The van der Waals surface area contributed by atoms with Crippen LogP contribution in [-0.4, -0.2) is 22.8 Å². The average molecular weight is 371 g/mol. The van der Waals surface area contributed by atoms with Crippen molar-refractivity contribution >= 4 is 5.82 Å². The highest BCUT2D eigenvalue weighted by Crippen LogP contribution is 2.45. The number of hydrogen-bond acceptors (Lipinski definition) is 4. The summed E-state index contributed by atoms with van der Waals surface area (Å²) in [5.74, 6) is 0.298. The van der Waals surface area contributed by atoms with Crippen molar-refractivity contribution in [1.29, 1.82) is 0 Å². The zero-order chi connectivity index (χ0) is 18.6. The minimum absolute atomic E-state index is 0.105. The maximum atomic E-state index is 13.6. The Morgan fingerprint density at radius 2 is 1.93 bits per heavy atom. The van der Waals surface area contributed by atoms with Gasteiger partial charge in [-0.3, -0.25) is 14.3 Å². The molecule has 1 atom stereocenters. The molecule has 2 N–H and O–H groups in total. The van der Waals surface area contributed by atoms with Gasteiger partial charge in [0.15, 0.2) is 0 Å². The van der Waals surface area contributed by atoms with Crippen molar-refractivity contribution < 1.29 is 9.13 Å². The molecule has 2 aromatic rings. The quantitative estimate of drug-likeness (QED) is 0.806. The number of aryl methyl sites for hydroxylation is 1. The van der Waals surface area contributed by atoms with E-state index in [1.165, 1.54) is 10.6 Å². The van der Waals surface area contributed by atoms with E-state index >= 15 is 0 Å². The second kappa shape index (κ2) is 6.05. The van der Waals surface area contributed by atoms with Crippen LogP contribution in [0, 0.1) is 5.82 Å². The van der Waals surface area contributed by atoms with Gasteiger partial charge >= 0.3 is 5.69 Å². The summed E-state index contributed by atoms with van der Waals surface area (Å²) in [6.45, 7) is 1.14. The molecule has 3 aliphatic rings. The summed E-state index contributed by atoms with van der Waals surface area (Å²) in [7, 11) is 0. The Kier molecular flexibility index (Phi) is 3.75. The van der Waals surface area contributed by atoms with E-state index in [1.807, 2.05) is 6.07 Å². The number of aromatic nitrogens is 2. The van der Waals surface area contributed by atoms with Crippen molar-refractivity contribution in [3.8, 4) is 0 Å². The number of nitrogens with one attached hydrogen (secondary N) is 2. The Hall–Kier alpha value is -2.41. The molecule has 0 radical (unpaired) electrons. The van der Waals surface area contributed by atoms with Gasteiger partial charge in [0.2, 0.25) is 0 Å². The molecule has 1 spiro atoms. The molecule has 7 heteroatoms. The van der Waals surface area contributed by atoms with E-state index in [0.717, 1.165) is 30.4 Å². The van der Waals surface area contributed by atoms with Crippen LogP contribution in [0.15, 0.2) is 27.8 Å². The Labute approximate surface area is 155 Å². The second-order valence-corrected chi connectivity index (χ2v) is 7.81. The number of halogens is 1. The highest BCUT2D eigenvalue weighted by molar-refractivity contribution is 5.54. The molecular formula is C20H22FN3O3. The lowest BCUT2D eigenvalue weighted by Crippen LogP contribution is -2.46. The van der Waals surface area contributed by atoms with Crippen LogP contribution in [0.5, 0.6) is 0 Å². The predicted octanol–water partition coefficient (Wildman–Crippen LogP) is 2.23. The van der Waals surface area contributed by atoms with Crippen molar-refractivity contribution in [1.82, 2.24) is 9.55 Å². The number of anilines is 1. The largest absolute Gasteiger partial charge is 0.381 e. The van der Waals surface area contributed by atoms with Gasteiger partial charge in [0.25, 0.3) is 5.56 Å². The van der Waals surface area contributed by atoms with E-state index in [1.54, 1.807) is 6.07 Å². The van der Waals surface area contributed by atoms with Crippen LogP contribution in [0.2, 0.25) is 0 Å². The molecule has 142 valence electrons. The van der Waals surface area contributed by atoms with Gasteiger partial charge < -0.3 is 10.1 Å². The highest BCUT2D eigenvalue weighted by Gasteiger charge is 2.42. The van der Waals surface area contributed by atoms with Gasteiger partial charge in [-0.05, 0) is 61.8 Å². The molecule has 0 bridgehead atoms. The van der Waals surface area contributed by atoms with Gasteiger partial charge in [-0.15, -0.1) is 0 Å². The van der Waals surface area contributed by atoms with E-state index in [-0.39, 0.29) is 28.6 Å². The molecule has 1 aromatic carbocycles. The van der Waals surface area contributed by atoms with E-state index in [4.69, 9.17) is 4.74 Å². The first-order valence-corrected chi connectivity index (χ1v) is 9.60. The molecule has 1 saturated heterocycles. The molecule has 0 saturated carbocycles. The summed E-state index contributed by atoms with van der Waals surface area (Å²) in [6.07, 6.45) is 4.33. The van der Waals surface area contributed by atoms with Crippen molar-refractivity contribution in [2.24, 2.45) is 0 Å². The second-order valence-electron chi connectivity index (χ2n) is 7.81. The molecule has 6 nitrogen and oxygen atoms in total. The number of nitrogens with zero attached hydrogens (tertiary/aromatic N) is 1. The summed E-state index contributed by atoms with van der Waals surface area (Å²) in [5.41, 5.74) is 1.82. The van der Waals surface area contributed by atoms with E-state index < -0.39 is 0 Å². The summed E-state index contributed by atoms with van der Waals surface area (Å²) in [4.78, 5) is 28.6. The molecule has 2 aliphatic heterocycles. The first kappa shape index (κ1) is 16.7. The normalized spacial score (nSPS) is 24.5. The number of ether oxygens (including phenoxy) is 1. The summed E-state index contributed by atoms with van der Waals surface area (Å²) >= 11 is 0. The van der Waals surface area contributed by atoms with E-state index in [2.05, 4.69) is 10.3 Å². The standard InChI is InChI=1S/C20H22FN3O3/c21-13-1-2-16-12(11-13)3-7-20(16)8-4-15-17(23-20)22-19(26)24(18(15)25)14-5-9-27-10-6-14/h1-2,11,14,23H,3-10H2,(H,22,26)/t20-/m1/s1. The lowest BCUT2D eigenvalue weighted by atomic mass is 9.83. The van der Waals surface area contributed by atoms with Crippen LogP contribution >= 0.6 is 0 Å². The Balaban J connectivity index is 1.55. The molecule has 0 amide bonds. The molecule has 1 fully saturated rings. The minimum Gasteiger partial charge on any atom is -0.381 e. The zero-order valence-corrected chi connectivity index (χ0v) is 15.0. The molecule has 1 aromatic heterocycles. The minimum atomic E-state index is -0.368. The van der Waals surface area contributed by atoms with Gasteiger partial charge in [-0.2, -0.15) is 0 Å². The topological polar surface area (TPSA) is 76.1 Å². The number of fused-ring (bicyclic) bond motifs is 3. The zero-order valence-electron chi connectivity index (χ0n) is 15.0. The number of rotatable bonds is 1. The summed E-state index contributed by atoms with van der Waals surface area (Å²) in [6, 6.07) is 4.80. The lowest BCUT2D eigenvalue weighted by Gasteiger charge is -2.37. The van der Waals surface area contributed by atoms with Gasteiger partial charge in [-0.25, -0.2) is 9.18 Å². The average Bonchev–Trinajstić information content (AvgIpc) is 2.99. The molecule has 1 aliphatic carbocycles. The summed E-state index contributed by atoms with van der Waals surface area (Å²) in [5, 5.41) is 3.44. The lowest BCUT2D eigenvalue weighted by molar-refractivity contribution is 0.0673. The number of aromatic amines is 1. The maximum Gasteiger partial charge on any atom is 0.330 e. The van der Waals surface area contributed by atoms with Gasteiger partial charge in [0.1, 0.15) is 11.6 Å². The fraction of sp³-hybridized carbons (Fsp3) is 0.500. The molecule has 5 rings (SSSR count). The fourth-order valence-corrected chi connectivity index (χ4v) is 4.95. The van der Waals surface area contributed by atoms with Gasteiger partial charge in [0.05, 0.1) is 11.1 Å². The van der Waals surface area contributed by atoms with E-state index in [9.17, 15) is 14.0 Å². The molecule has 0 unspecified atom stereocenters. The van der Waals surface area contributed by atoms with E-state index in [0.29, 0.717) is 43.9 Å². The fourth-order valence-electron chi connectivity index (χ4n) is 4.95. The van der Waals surface area contributed by atoms with Gasteiger partial charge in [0, 0.05) is 19.3 Å². The first-order valence-electron chi connectivity index (χ1n) is 9.60. The number of benzene rings is 1. The number of H-pyrrole nitrogens is 1. The van der Waals surface area contributed by atoms with Crippen molar-refractivity contribution in [2.45, 2.75) is 50.1 Å². The van der Waals surface area contributed by atoms with Crippen LogP contribution in [0.4, 0.5) is 10.2 Å². The maximum absolute atomic E-state index is 13.6. The van der Waals surface area contributed by atoms with Crippen LogP contribution < -0.4 is 16.6 Å². The van der Waals surface area contributed by atoms with Crippen LogP contribution in [0.1, 0.15) is 48.4 Å². The third kappa shape index (κ3) is 2.56. The molecular weight excluding hydrogens is 349 g/mol. The van der Waals surface area contributed by atoms with Crippen molar-refractivity contribution in [3.05, 3.63) is 61.5 Å². The SMILES string of the molecule is O=c1[nH]c2c(c(=O)n1C1CCOCC1)CC[C@@]1(CCc3cc(F)ccc31)N2. The Morgan fingerprint density at radius 3 is 2.74 bits per heavy atom. The summed E-state index contributed by atoms with van der Waals surface area (Å²) < 4.78 is 20.3. The third-order valence-corrected chi connectivity index (χ3v) is 6.36. The van der Waals surface area contributed by atoms with Crippen LogP contribution in [0.25, 0.3) is 0 Å². The molecule has 3 heterocycles. The van der Waals surface area contributed by atoms with Crippen LogP contribution in [0.3, 0.4) is 0 Å². The highest BCUT2D eigenvalue weighted by atomic mass is 19.1. The monoisotopic (exact) mass is 371 g/mol. The Morgan fingerprint density at radius 1 is 1.15 bits per heavy atom. The molecule has 27 heavy (non-hydrogen) atoms. The predicted molar refractivity (Wildman–Crippen MR) is 98.8 cm³/mol.